The van der Waals surface area contributed by atoms with Crippen LogP contribution in [0, 0.1) is 0 Å². The summed E-state index contributed by atoms with van der Waals surface area (Å²) in [5, 5.41) is 16.1. The molecule has 4 aromatic carbocycles. The quantitative estimate of drug-likeness (QED) is 0.214. The van der Waals surface area contributed by atoms with Gasteiger partial charge in [-0.1, -0.05) is 94.4 Å². The minimum absolute atomic E-state index is 0.201. The molecule has 0 saturated carbocycles. The van der Waals surface area contributed by atoms with Gasteiger partial charge in [0, 0.05) is 38.7 Å². The van der Waals surface area contributed by atoms with E-state index in [2.05, 4.69) is 103 Å². The predicted molar refractivity (Wildman–Crippen MR) is 177 cm³/mol. The van der Waals surface area contributed by atoms with Crippen LogP contribution in [0.2, 0.25) is 0 Å². The van der Waals surface area contributed by atoms with E-state index in [0.717, 1.165) is 55.0 Å². The van der Waals surface area contributed by atoms with Crippen LogP contribution < -0.4 is 4.74 Å². The third kappa shape index (κ3) is 3.04. The normalized spacial score (nSPS) is 15.3. The van der Waals surface area contributed by atoms with Crippen molar-refractivity contribution in [3.8, 4) is 23.2 Å². The van der Waals surface area contributed by atoms with Crippen LogP contribution in [0.4, 0.5) is 0 Å². The zero-order valence-electron chi connectivity index (χ0n) is 25.0. The van der Waals surface area contributed by atoms with Crippen LogP contribution in [0.15, 0.2) is 103 Å². The van der Waals surface area contributed by atoms with Crippen molar-refractivity contribution in [1.82, 2.24) is 18.9 Å². The molecular formula is C38H30N4O2. The van der Waals surface area contributed by atoms with E-state index in [1.54, 1.807) is 6.07 Å². The standard InChI is InChI=1S/C38H30N4O2/c1-37(2)27-17-10-16-25-24-15-11-19-29(43)31(24)35-40-36(33(38(37,3)4)42(35)32(25)27)44-30-21-20-26-23-14-8-9-18-28(23)41(34(26)39-30)22-12-6-5-7-13-22/h5-21,43H,1-4H3. The maximum absolute atomic E-state index is 11.2. The molecule has 1 N–H and O–H groups in total. The molecule has 6 heteroatoms. The molecule has 0 aliphatic carbocycles. The molecule has 0 fully saturated rings. The maximum atomic E-state index is 11.2. The molecule has 0 amide bonds. The molecule has 1 aliphatic heterocycles. The minimum atomic E-state index is -0.371. The van der Waals surface area contributed by atoms with E-state index < -0.39 is 0 Å². The largest absolute Gasteiger partial charge is 0.507 e. The Balaban J connectivity index is 1.35. The lowest BCUT2D eigenvalue weighted by atomic mass is 9.60. The van der Waals surface area contributed by atoms with Crippen molar-refractivity contribution in [1.29, 1.82) is 0 Å². The van der Waals surface area contributed by atoms with E-state index >= 15 is 0 Å². The van der Waals surface area contributed by atoms with Crippen molar-refractivity contribution in [2.75, 3.05) is 0 Å². The lowest BCUT2D eigenvalue weighted by molar-refractivity contribution is 0.278. The zero-order chi connectivity index (χ0) is 30.0. The first-order valence-corrected chi connectivity index (χ1v) is 15.0. The van der Waals surface area contributed by atoms with Crippen LogP contribution in [0.1, 0.15) is 39.0 Å². The second kappa shape index (κ2) is 8.38. The van der Waals surface area contributed by atoms with Crippen molar-refractivity contribution in [3.05, 3.63) is 114 Å². The number of ether oxygens (including phenoxy) is 1. The molecule has 0 spiro atoms. The summed E-state index contributed by atoms with van der Waals surface area (Å²) in [6.45, 7) is 9.10. The Morgan fingerprint density at radius 2 is 1.36 bits per heavy atom. The molecule has 44 heavy (non-hydrogen) atoms. The Morgan fingerprint density at radius 1 is 0.636 bits per heavy atom. The molecule has 6 nitrogen and oxygen atoms in total. The van der Waals surface area contributed by atoms with Crippen LogP contribution in [-0.4, -0.2) is 24.0 Å². The van der Waals surface area contributed by atoms with Gasteiger partial charge >= 0.3 is 0 Å². The van der Waals surface area contributed by atoms with Gasteiger partial charge in [0.1, 0.15) is 11.4 Å². The number of hydrogen-bond acceptors (Lipinski definition) is 4. The molecule has 0 saturated heterocycles. The van der Waals surface area contributed by atoms with E-state index in [0.29, 0.717) is 17.4 Å². The monoisotopic (exact) mass is 574 g/mol. The Kier molecular flexibility index (Phi) is 4.79. The predicted octanol–water partition coefficient (Wildman–Crippen LogP) is 9.20. The number of phenols is 1. The third-order valence-electron chi connectivity index (χ3n) is 10.2. The molecule has 0 radical (unpaired) electrons. The van der Waals surface area contributed by atoms with Crippen molar-refractivity contribution in [2.24, 2.45) is 0 Å². The van der Waals surface area contributed by atoms with Gasteiger partial charge in [-0.05, 0) is 41.3 Å². The van der Waals surface area contributed by atoms with Gasteiger partial charge in [-0.25, -0.2) is 0 Å². The highest BCUT2D eigenvalue weighted by Gasteiger charge is 2.49. The summed E-state index contributed by atoms with van der Waals surface area (Å²) in [5.74, 6) is 1.17. The number of hydrogen-bond donors (Lipinski definition) is 1. The summed E-state index contributed by atoms with van der Waals surface area (Å²) in [6, 6.07) is 34.9. The van der Waals surface area contributed by atoms with Crippen LogP contribution in [0.5, 0.6) is 17.5 Å². The van der Waals surface area contributed by atoms with Crippen molar-refractivity contribution in [3.63, 3.8) is 0 Å². The molecule has 5 heterocycles. The van der Waals surface area contributed by atoms with E-state index in [-0.39, 0.29) is 16.6 Å². The highest BCUT2D eigenvalue weighted by molar-refractivity contribution is 6.15. The SMILES string of the molecule is CC1(C)c2cccc3c4cccc(O)c4c4nc(Oc5ccc6c7ccccc7n(-c7ccccc7)c6n5)c(n4c23)C1(C)C. The molecule has 1 aliphatic rings. The molecule has 8 aromatic rings. The average Bonchev–Trinajstić information content (AvgIpc) is 3.57. The van der Waals surface area contributed by atoms with Gasteiger partial charge in [0.05, 0.1) is 22.1 Å². The second-order valence-corrected chi connectivity index (χ2v) is 12.9. The van der Waals surface area contributed by atoms with Crippen LogP contribution >= 0.6 is 0 Å². The third-order valence-corrected chi connectivity index (χ3v) is 10.2. The van der Waals surface area contributed by atoms with Gasteiger partial charge in [-0.2, -0.15) is 9.97 Å². The topological polar surface area (TPSA) is 64.6 Å². The van der Waals surface area contributed by atoms with E-state index in [4.69, 9.17) is 14.7 Å². The van der Waals surface area contributed by atoms with Gasteiger partial charge in [0.2, 0.25) is 11.8 Å². The molecule has 0 bridgehead atoms. The van der Waals surface area contributed by atoms with Gasteiger partial charge in [-0.15, -0.1) is 0 Å². The fourth-order valence-corrected chi connectivity index (χ4v) is 7.36. The Morgan fingerprint density at radius 3 is 2.20 bits per heavy atom. The number of benzene rings is 4. The van der Waals surface area contributed by atoms with Gasteiger partial charge in [-0.3, -0.25) is 8.97 Å². The summed E-state index contributed by atoms with van der Waals surface area (Å²) >= 11 is 0. The number of nitrogens with zero attached hydrogens (tertiary/aromatic N) is 4. The van der Waals surface area contributed by atoms with Crippen molar-refractivity contribution in [2.45, 2.75) is 38.5 Å². The maximum Gasteiger partial charge on any atom is 0.243 e. The Labute approximate surface area is 253 Å². The van der Waals surface area contributed by atoms with Crippen molar-refractivity contribution >= 4 is 49.3 Å². The fraction of sp³-hybridized carbons (Fsp3) is 0.158. The first kappa shape index (κ1) is 25.2. The number of imidazole rings is 1. The second-order valence-electron chi connectivity index (χ2n) is 12.9. The van der Waals surface area contributed by atoms with Crippen LogP contribution in [-0.2, 0) is 10.8 Å². The smallest absolute Gasteiger partial charge is 0.243 e. The minimum Gasteiger partial charge on any atom is -0.507 e. The van der Waals surface area contributed by atoms with Crippen molar-refractivity contribution < 1.29 is 9.84 Å². The first-order valence-electron chi connectivity index (χ1n) is 15.0. The number of para-hydroxylation sites is 3. The highest BCUT2D eigenvalue weighted by atomic mass is 16.5. The summed E-state index contributed by atoms with van der Waals surface area (Å²) in [4.78, 5) is 10.3. The molecule has 0 atom stereocenters. The Hall–Kier alpha value is -5.36. The number of fused-ring (bicyclic) bond motifs is 6. The highest BCUT2D eigenvalue weighted by Crippen LogP contribution is 2.54. The van der Waals surface area contributed by atoms with Gasteiger partial charge in [0.25, 0.3) is 0 Å². The number of aromatic hydroxyl groups is 1. The number of rotatable bonds is 3. The summed E-state index contributed by atoms with van der Waals surface area (Å²) in [7, 11) is 0. The lowest BCUT2D eigenvalue weighted by Gasteiger charge is -2.45. The van der Waals surface area contributed by atoms with Gasteiger partial charge in [0.15, 0.2) is 5.65 Å². The molecule has 4 aromatic heterocycles. The Bertz CT molecular complexity index is 2490. The van der Waals surface area contributed by atoms with Crippen LogP contribution in [0.3, 0.4) is 0 Å². The first-order chi connectivity index (χ1) is 21.3. The summed E-state index contributed by atoms with van der Waals surface area (Å²) in [5.41, 5.74) is 6.35. The summed E-state index contributed by atoms with van der Waals surface area (Å²) < 4.78 is 11.1. The van der Waals surface area contributed by atoms with Gasteiger partial charge < -0.3 is 9.84 Å². The summed E-state index contributed by atoms with van der Waals surface area (Å²) in [6.07, 6.45) is 0. The number of aromatic nitrogens is 4. The molecular weight excluding hydrogens is 544 g/mol. The van der Waals surface area contributed by atoms with E-state index in [1.165, 1.54) is 5.56 Å². The molecule has 9 rings (SSSR count). The lowest BCUT2D eigenvalue weighted by Crippen LogP contribution is -2.44. The molecule has 214 valence electrons. The zero-order valence-corrected chi connectivity index (χ0v) is 25.0. The number of phenolic OH excluding ortho intramolecular Hbond substituents is 1. The van der Waals surface area contributed by atoms with E-state index in [1.807, 2.05) is 30.3 Å². The average molecular weight is 575 g/mol. The fourth-order valence-electron chi connectivity index (χ4n) is 7.36. The molecule has 0 unspecified atom stereocenters. The van der Waals surface area contributed by atoms with E-state index in [9.17, 15) is 5.11 Å². The number of pyridine rings is 2. The van der Waals surface area contributed by atoms with Crippen LogP contribution in [0.25, 0.3) is 54.9 Å².